The number of carbonyl (C=O) groups excluding carboxylic acids is 1. The average molecular weight is 305 g/mol. The molecule has 1 atom stereocenters. The fourth-order valence-corrected chi connectivity index (χ4v) is 3.10. The van der Waals surface area contributed by atoms with E-state index in [1.165, 1.54) is 0 Å². The lowest BCUT2D eigenvalue weighted by atomic mass is 10.1. The summed E-state index contributed by atoms with van der Waals surface area (Å²) in [7, 11) is 0. The van der Waals surface area contributed by atoms with Crippen LogP contribution in [0.1, 0.15) is 25.8 Å². The first kappa shape index (κ1) is 16.6. The lowest BCUT2D eigenvalue weighted by Gasteiger charge is -2.26. The number of hydrogen-bond donors (Lipinski definition) is 2. The molecule has 1 aliphatic heterocycles. The summed E-state index contributed by atoms with van der Waals surface area (Å²) >= 11 is 0. The van der Waals surface area contributed by atoms with E-state index >= 15 is 0 Å². The molecule has 1 saturated heterocycles. The maximum absolute atomic E-state index is 12.2. The highest BCUT2D eigenvalue weighted by molar-refractivity contribution is 5.74. The van der Waals surface area contributed by atoms with E-state index in [1.54, 1.807) is 12.1 Å². The molecular formula is C17H27N3O2. The third kappa shape index (κ3) is 4.37. The monoisotopic (exact) mass is 305 g/mol. The van der Waals surface area contributed by atoms with Crippen LogP contribution in [0.15, 0.2) is 24.3 Å². The molecule has 2 rings (SSSR count). The minimum atomic E-state index is 0.0230. The Morgan fingerprint density at radius 2 is 2.18 bits per heavy atom. The smallest absolute Gasteiger partial charge is 0.317 e. The summed E-state index contributed by atoms with van der Waals surface area (Å²) in [5.41, 5.74) is 1.03. The second-order valence-electron chi connectivity index (χ2n) is 5.76. The van der Waals surface area contributed by atoms with Crippen molar-refractivity contribution in [2.24, 2.45) is 0 Å². The van der Waals surface area contributed by atoms with Crippen molar-refractivity contribution in [3.8, 4) is 5.75 Å². The lowest BCUT2D eigenvalue weighted by Crippen LogP contribution is -2.42. The summed E-state index contributed by atoms with van der Waals surface area (Å²) in [4.78, 5) is 16.5. The van der Waals surface area contributed by atoms with E-state index in [1.807, 2.05) is 17.0 Å². The third-order valence-corrected chi connectivity index (χ3v) is 4.38. The van der Waals surface area contributed by atoms with Gasteiger partial charge in [-0.3, -0.25) is 4.90 Å². The second-order valence-corrected chi connectivity index (χ2v) is 5.76. The number of rotatable bonds is 6. The highest BCUT2D eigenvalue weighted by Crippen LogP contribution is 2.15. The standard InChI is InChI=1S/C17H27N3O2/c1-3-19(4-2)15-9-11-20(13-15)17(22)18-10-8-14-6-5-7-16(21)12-14/h5-7,12,15,21H,3-4,8-11,13H2,1-2H3,(H,18,22). The summed E-state index contributed by atoms with van der Waals surface area (Å²) < 4.78 is 0. The van der Waals surface area contributed by atoms with E-state index in [9.17, 15) is 9.90 Å². The van der Waals surface area contributed by atoms with Gasteiger partial charge in [0.1, 0.15) is 5.75 Å². The molecule has 1 heterocycles. The maximum atomic E-state index is 12.2. The molecule has 5 heteroatoms. The van der Waals surface area contributed by atoms with Crippen molar-refractivity contribution in [3.05, 3.63) is 29.8 Å². The zero-order valence-corrected chi connectivity index (χ0v) is 13.6. The first-order valence-electron chi connectivity index (χ1n) is 8.18. The molecule has 1 aromatic carbocycles. The third-order valence-electron chi connectivity index (χ3n) is 4.38. The quantitative estimate of drug-likeness (QED) is 0.846. The number of urea groups is 1. The fraction of sp³-hybridized carbons (Fsp3) is 0.588. The highest BCUT2D eigenvalue weighted by atomic mass is 16.3. The first-order chi connectivity index (χ1) is 10.6. The molecular weight excluding hydrogens is 278 g/mol. The van der Waals surface area contributed by atoms with Crippen molar-refractivity contribution in [1.29, 1.82) is 0 Å². The molecule has 0 spiro atoms. The van der Waals surface area contributed by atoms with E-state index in [0.29, 0.717) is 12.6 Å². The number of carbonyl (C=O) groups is 1. The Balaban J connectivity index is 1.74. The molecule has 0 aliphatic carbocycles. The maximum Gasteiger partial charge on any atom is 0.317 e. The molecule has 0 saturated carbocycles. The van der Waals surface area contributed by atoms with Gasteiger partial charge in [0, 0.05) is 25.7 Å². The van der Waals surface area contributed by atoms with E-state index in [2.05, 4.69) is 24.1 Å². The summed E-state index contributed by atoms with van der Waals surface area (Å²) in [5.74, 6) is 0.269. The summed E-state index contributed by atoms with van der Waals surface area (Å²) in [6.45, 7) is 8.65. The Morgan fingerprint density at radius 1 is 1.41 bits per heavy atom. The van der Waals surface area contributed by atoms with Crippen LogP contribution in [0, 0.1) is 0 Å². The van der Waals surface area contributed by atoms with Gasteiger partial charge in [-0.05, 0) is 43.6 Å². The fourth-order valence-electron chi connectivity index (χ4n) is 3.10. The van der Waals surface area contributed by atoms with Crippen LogP contribution in [-0.4, -0.2) is 59.7 Å². The predicted molar refractivity (Wildman–Crippen MR) is 88.1 cm³/mol. The van der Waals surface area contributed by atoms with Crippen LogP contribution in [0.4, 0.5) is 4.79 Å². The van der Waals surface area contributed by atoms with Crippen molar-refractivity contribution in [2.45, 2.75) is 32.7 Å². The largest absolute Gasteiger partial charge is 0.508 e. The number of nitrogens with one attached hydrogen (secondary N) is 1. The van der Waals surface area contributed by atoms with Crippen molar-refractivity contribution >= 4 is 6.03 Å². The molecule has 1 aliphatic rings. The van der Waals surface area contributed by atoms with Gasteiger partial charge in [0.15, 0.2) is 0 Å². The number of likely N-dealkylation sites (tertiary alicyclic amines) is 1. The number of hydrogen-bond acceptors (Lipinski definition) is 3. The van der Waals surface area contributed by atoms with Crippen LogP contribution >= 0.6 is 0 Å². The van der Waals surface area contributed by atoms with Gasteiger partial charge >= 0.3 is 6.03 Å². The number of aromatic hydroxyl groups is 1. The predicted octanol–water partition coefficient (Wildman–Crippen LogP) is 2.06. The average Bonchev–Trinajstić information content (AvgIpc) is 2.98. The number of likely N-dealkylation sites (N-methyl/N-ethyl adjacent to an activating group) is 1. The zero-order chi connectivity index (χ0) is 15.9. The number of phenols is 1. The Bertz CT molecular complexity index is 489. The van der Waals surface area contributed by atoms with Crippen molar-refractivity contribution in [2.75, 3.05) is 32.7 Å². The Morgan fingerprint density at radius 3 is 2.86 bits per heavy atom. The molecule has 2 amide bonds. The molecule has 2 N–H and O–H groups in total. The Kier molecular flexibility index (Phi) is 6.07. The van der Waals surface area contributed by atoms with Gasteiger partial charge in [-0.25, -0.2) is 4.79 Å². The normalized spacial score (nSPS) is 18.0. The topological polar surface area (TPSA) is 55.8 Å². The van der Waals surface area contributed by atoms with Crippen molar-refractivity contribution in [1.82, 2.24) is 15.1 Å². The SMILES string of the molecule is CCN(CC)C1CCN(C(=O)NCCc2cccc(O)c2)C1. The van der Waals surface area contributed by atoms with Crippen LogP contribution in [0.3, 0.4) is 0 Å². The number of phenolic OH excluding ortho intramolecular Hbond substituents is 1. The van der Waals surface area contributed by atoms with E-state index in [0.717, 1.165) is 44.6 Å². The van der Waals surface area contributed by atoms with E-state index in [-0.39, 0.29) is 11.8 Å². The summed E-state index contributed by atoms with van der Waals surface area (Å²) in [6, 6.07) is 7.68. The Labute approximate surface area is 132 Å². The van der Waals surface area contributed by atoms with Gasteiger partial charge in [0.2, 0.25) is 0 Å². The van der Waals surface area contributed by atoms with Crippen LogP contribution < -0.4 is 5.32 Å². The first-order valence-corrected chi connectivity index (χ1v) is 8.18. The van der Waals surface area contributed by atoms with Crippen LogP contribution in [-0.2, 0) is 6.42 Å². The Hall–Kier alpha value is -1.75. The van der Waals surface area contributed by atoms with Crippen LogP contribution in [0.25, 0.3) is 0 Å². The lowest BCUT2D eigenvalue weighted by molar-refractivity contribution is 0.193. The minimum Gasteiger partial charge on any atom is -0.508 e. The molecule has 1 aromatic rings. The number of nitrogens with zero attached hydrogens (tertiary/aromatic N) is 2. The van der Waals surface area contributed by atoms with Gasteiger partial charge in [0.05, 0.1) is 0 Å². The summed E-state index contributed by atoms with van der Waals surface area (Å²) in [5, 5.41) is 12.4. The minimum absolute atomic E-state index is 0.0230. The van der Waals surface area contributed by atoms with E-state index < -0.39 is 0 Å². The molecule has 122 valence electrons. The van der Waals surface area contributed by atoms with E-state index in [4.69, 9.17) is 0 Å². The van der Waals surface area contributed by atoms with Gasteiger partial charge in [0.25, 0.3) is 0 Å². The van der Waals surface area contributed by atoms with Gasteiger partial charge in [-0.2, -0.15) is 0 Å². The molecule has 0 bridgehead atoms. The second kappa shape index (κ2) is 8.03. The number of amides is 2. The zero-order valence-electron chi connectivity index (χ0n) is 13.6. The molecule has 1 fully saturated rings. The van der Waals surface area contributed by atoms with Gasteiger partial charge in [-0.1, -0.05) is 26.0 Å². The molecule has 0 aromatic heterocycles. The number of benzene rings is 1. The molecule has 5 nitrogen and oxygen atoms in total. The summed E-state index contributed by atoms with van der Waals surface area (Å²) in [6.07, 6.45) is 1.79. The molecule has 0 radical (unpaired) electrons. The van der Waals surface area contributed by atoms with Crippen molar-refractivity contribution in [3.63, 3.8) is 0 Å². The highest BCUT2D eigenvalue weighted by Gasteiger charge is 2.28. The van der Waals surface area contributed by atoms with Crippen LogP contribution in [0.2, 0.25) is 0 Å². The van der Waals surface area contributed by atoms with Crippen molar-refractivity contribution < 1.29 is 9.90 Å². The van der Waals surface area contributed by atoms with Gasteiger partial charge < -0.3 is 15.3 Å². The molecule has 22 heavy (non-hydrogen) atoms. The van der Waals surface area contributed by atoms with Gasteiger partial charge in [-0.15, -0.1) is 0 Å². The van der Waals surface area contributed by atoms with Crippen LogP contribution in [0.5, 0.6) is 5.75 Å². The molecule has 1 unspecified atom stereocenters.